The van der Waals surface area contributed by atoms with Gasteiger partial charge in [-0.2, -0.15) is 4.31 Å². The van der Waals surface area contributed by atoms with Crippen LogP contribution in [-0.4, -0.2) is 61.4 Å². The lowest BCUT2D eigenvalue weighted by Crippen LogP contribution is -2.40. The molecule has 8 heteroatoms. The van der Waals surface area contributed by atoms with Crippen LogP contribution in [0.5, 0.6) is 0 Å². The molecule has 1 N–H and O–H groups in total. The average Bonchev–Trinajstić information content (AvgIpc) is 3.07. The van der Waals surface area contributed by atoms with Crippen molar-refractivity contribution in [3.8, 4) is 0 Å². The molecule has 1 aromatic rings. The van der Waals surface area contributed by atoms with E-state index in [4.69, 9.17) is 5.11 Å². The first-order valence-corrected chi connectivity index (χ1v) is 9.15. The fourth-order valence-electron chi connectivity index (χ4n) is 2.64. The number of thiophene rings is 1. The SMILES string of the molecule is CCN1CCCC1CN(C)S(=O)(=O)c1ccc(C(=O)O)s1. The molecule has 2 heterocycles. The van der Waals surface area contributed by atoms with Crippen molar-refractivity contribution in [3.05, 3.63) is 17.0 Å². The summed E-state index contributed by atoms with van der Waals surface area (Å²) in [6.07, 6.45) is 2.09. The Morgan fingerprint density at radius 2 is 2.24 bits per heavy atom. The van der Waals surface area contributed by atoms with Crippen molar-refractivity contribution in [2.75, 3.05) is 26.7 Å². The third-order valence-electron chi connectivity index (χ3n) is 3.83. The van der Waals surface area contributed by atoms with E-state index >= 15 is 0 Å². The van der Waals surface area contributed by atoms with Crippen molar-refractivity contribution in [2.45, 2.75) is 30.0 Å². The Morgan fingerprint density at radius 1 is 1.52 bits per heavy atom. The number of nitrogens with zero attached hydrogens (tertiary/aromatic N) is 2. The van der Waals surface area contributed by atoms with Gasteiger partial charge in [0.05, 0.1) is 0 Å². The zero-order chi connectivity index (χ0) is 15.6. The van der Waals surface area contributed by atoms with Crippen LogP contribution in [-0.2, 0) is 10.0 Å². The normalized spacial score (nSPS) is 20.2. The number of hydrogen-bond donors (Lipinski definition) is 1. The Kier molecular flexibility index (Phi) is 5.03. The van der Waals surface area contributed by atoms with Gasteiger partial charge in [-0.05, 0) is 38.1 Å². The van der Waals surface area contributed by atoms with Crippen LogP contribution >= 0.6 is 11.3 Å². The molecule has 118 valence electrons. The molecule has 0 saturated carbocycles. The molecule has 2 rings (SSSR count). The fourth-order valence-corrected chi connectivity index (χ4v) is 5.20. The van der Waals surface area contributed by atoms with Gasteiger partial charge >= 0.3 is 5.97 Å². The van der Waals surface area contributed by atoms with Gasteiger partial charge in [0.15, 0.2) is 0 Å². The summed E-state index contributed by atoms with van der Waals surface area (Å²) < 4.78 is 26.4. The monoisotopic (exact) mass is 332 g/mol. The highest BCUT2D eigenvalue weighted by Gasteiger charge is 2.30. The standard InChI is InChI=1S/C13H20N2O4S2/c1-3-15-8-4-5-10(15)9-14(2)21(18,19)12-7-6-11(20-12)13(16)17/h6-7,10H,3-5,8-9H2,1-2H3,(H,16,17). The van der Waals surface area contributed by atoms with Crippen molar-refractivity contribution in [3.63, 3.8) is 0 Å². The highest BCUT2D eigenvalue weighted by atomic mass is 32.2. The molecule has 21 heavy (non-hydrogen) atoms. The van der Waals surface area contributed by atoms with Crippen molar-refractivity contribution in [1.29, 1.82) is 0 Å². The van der Waals surface area contributed by atoms with Gasteiger partial charge in [0.25, 0.3) is 10.0 Å². The summed E-state index contributed by atoms with van der Waals surface area (Å²) in [5.41, 5.74) is 0. The molecule has 1 unspecified atom stereocenters. The first kappa shape index (κ1) is 16.4. The smallest absolute Gasteiger partial charge is 0.345 e. The van der Waals surface area contributed by atoms with Crippen LogP contribution in [0.1, 0.15) is 29.4 Å². The third-order valence-corrected chi connectivity index (χ3v) is 7.19. The molecule has 0 bridgehead atoms. The number of hydrogen-bond acceptors (Lipinski definition) is 5. The van der Waals surface area contributed by atoms with Crippen LogP contribution in [0.4, 0.5) is 0 Å². The number of likely N-dealkylation sites (N-methyl/N-ethyl adjacent to an activating group) is 2. The Morgan fingerprint density at radius 3 is 2.81 bits per heavy atom. The lowest BCUT2D eigenvalue weighted by molar-refractivity contribution is 0.0702. The maximum Gasteiger partial charge on any atom is 0.345 e. The van der Waals surface area contributed by atoms with Gasteiger partial charge in [-0.3, -0.25) is 4.90 Å². The van der Waals surface area contributed by atoms with Gasteiger partial charge in [0.2, 0.25) is 0 Å². The maximum atomic E-state index is 12.5. The molecule has 1 aromatic heterocycles. The second-order valence-electron chi connectivity index (χ2n) is 5.13. The van der Waals surface area contributed by atoms with E-state index in [0.29, 0.717) is 6.54 Å². The summed E-state index contributed by atoms with van der Waals surface area (Å²) in [4.78, 5) is 13.2. The molecule has 0 amide bonds. The third kappa shape index (κ3) is 3.45. The quantitative estimate of drug-likeness (QED) is 0.855. The first-order valence-electron chi connectivity index (χ1n) is 6.89. The maximum absolute atomic E-state index is 12.5. The van der Waals surface area contributed by atoms with Crippen LogP contribution in [0.2, 0.25) is 0 Å². The largest absolute Gasteiger partial charge is 0.477 e. The summed E-state index contributed by atoms with van der Waals surface area (Å²) in [7, 11) is -2.05. The summed E-state index contributed by atoms with van der Waals surface area (Å²) >= 11 is 0.798. The lowest BCUT2D eigenvalue weighted by atomic mass is 10.2. The van der Waals surface area contributed by atoms with Gasteiger partial charge in [-0.25, -0.2) is 13.2 Å². The Bertz CT molecular complexity index is 611. The van der Waals surface area contributed by atoms with Crippen molar-refractivity contribution in [2.24, 2.45) is 0 Å². The topological polar surface area (TPSA) is 77.9 Å². The van der Waals surface area contributed by atoms with E-state index in [1.165, 1.54) is 16.4 Å². The van der Waals surface area contributed by atoms with E-state index in [1.54, 1.807) is 7.05 Å². The molecule has 6 nitrogen and oxygen atoms in total. The van der Waals surface area contributed by atoms with Gasteiger partial charge in [0, 0.05) is 19.6 Å². The lowest BCUT2D eigenvalue weighted by Gasteiger charge is -2.27. The van der Waals surface area contributed by atoms with Gasteiger partial charge in [-0.15, -0.1) is 11.3 Å². The Hall–Kier alpha value is -0.960. The van der Waals surface area contributed by atoms with Gasteiger partial charge < -0.3 is 5.11 Å². The number of rotatable bonds is 6. The van der Waals surface area contributed by atoms with E-state index in [0.717, 1.165) is 37.3 Å². The summed E-state index contributed by atoms with van der Waals surface area (Å²) in [6, 6.07) is 2.95. The highest BCUT2D eigenvalue weighted by Crippen LogP contribution is 2.26. The molecule has 0 radical (unpaired) electrons. The first-order chi connectivity index (χ1) is 9.86. The minimum Gasteiger partial charge on any atom is -0.477 e. The van der Waals surface area contributed by atoms with Gasteiger partial charge in [-0.1, -0.05) is 6.92 Å². The van der Waals surface area contributed by atoms with Gasteiger partial charge in [0.1, 0.15) is 9.09 Å². The van der Waals surface area contributed by atoms with Crippen molar-refractivity contribution in [1.82, 2.24) is 9.21 Å². The number of sulfonamides is 1. The minimum atomic E-state index is -3.61. The Balaban J connectivity index is 2.12. The van der Waals surface area contributed by atoms with Crippen molar-refractivity contribution < 1.29 is 18.3 Å². The molecular weight excluding hydrogens is 312 g/mol. The second-order valence-corrected chi connectivity index (χ2v) is 8.49. The predicted octanol–water partition coefficient (Wildman–Crippen LogP) is 1.55. The Labute approximate surface area is 129 Å². The van der Waals surface area contributed by atoms with E-state index in [1.807, 2.05) is 0 Å². The van der Waals surface area contributed by atoms with Crippen LogP contribution in [0.3, 0.4) is 0 Å². The molecule has 0 aromatic carbocycles. The fraction of sp³-hybridized carbons (Fsp3) is 0.615. The molecule has 1 aliphatic rings. The number of carbonyl (C=O) groups is 1. The van der Waals surface area contributed by atoms with E-state index in [-0.39, 0.29) is 15.1 Å². The molecule has 0 aliphatic carbocycles. The number of carboxylic acid groups (broad SMARTS) is 1. The number of carboxylic acids is 1. The molecule has 1 atom stereocenters. The van der Waals surface area contributed by atoms with Crippen LogP contribution in [0, 0.1) is 0 Å². The average molecular weight is 332 g/mol. The summed E-state index contributed by atoms with van der Waals surface area (Å²) in [5, 5.41) is 8.89. The van der Waals surface area contributed by atoms with Crippen LogP contribution in [0.15, 0.2) is 16.3 Å². The van der Waals surface area contributed by atoms with Crippen molar-refractivity contribution >= 4 is 27.3 Å². The highest BCUT2D eigenvalue weighted by molar-refractivity contribution is 7.91. The summed E-state index contributed by atoms with van der Waals surface area (Å²) in [5.74, 6) is -1.10. The van der Waals surface area contributed by atoms with Crippen LogP contribution < -0.4 is 0 Å². The molecular formula is C13H20N2O4S2. The minimum absolute atomic E-state index is 0.0398. The second kappa shape index (κ2) is 6.43. The predicted molar refractivity (Wildman–Crippen MR) is 81.4 cm³/mol. The van der Waals surface area contributed by atoms with E-state index < -0.39 is 16.0 Å². The zero-order valence-electron chi connectivity index (χ0n) is 12.2. The number of likely N-dealkylation sites (tertiary alicyclic amines) is 1. The molecule has 1 fully saturated rings. The summed E-state index contributed by atoms with van der Waals surface area (Å²) in [6.45, 7) is 4.44. The van der Waals surface area contributed by atoms with Crippen LogP contribution in [0.25, 0.3) is 0 Å². The molecule has 1 aliphatic heterocycles. The number of aromatic carboxylic acids is 1. The molecule has 1 saturated heterocycles. The molecule has 0 spiro atoms. The zero-order valence-corrected chi connectivity index (χ0v) is 13.8. The van der Waals surface area contributed by atoms with E-state index in [9.17, 15) is 13.2 Å². The van der Waals surface area contributed by atoms with E-state index in [2.05, 4.69) is 11.8 Å².